The van der Waals surface area contributed by atoms with Crippen molar-refractivity contribution in [1.29, 1.82) is 0 Å². The molecular weight excluding hydrogens is 230 g/mol. The average molecular weight is 268 g/mol. The Kier molecular flexibility index (Phi) is 6.36. The second-order valence-corrected chi connectivity index (χ2v) is 8.90. The van der Waals surface area contributed by atoms with Crippen molar-refractivity contribution in [2.75, 3.05) is 19.6 Å². The molecule has 1 nitrogen and oxygen atoms in total. The van der Waals surface area contributed by atoms with Crippen LogP contribution in [0.5, 0.6) is 0 Å². The van der Waals surface area contributed by atoms with E-state index in [1.165, 1.54) is 58.2 Å². The molecule has 0 radical (unpaired) electrons. The molecule has 0 N–H and O–H groups in total. The Morgan fingerprint density at radius 3 is 1.84 bits per heavy atom. The van der Waals surface area contributed by atoms with E-state index in [0.29, 0.717) is 10.8 Å². The summed E-state index contributed by atoms with van der Waals surface area (Å²) in [6.45, 7) is 18.2. The number of likely N-dealkylation sites (tertiary alicyclic amines) is 1. The molecule has 1 aliphatic heterocycles. The van der Waals surface area contributed by atoms with E-state index in [4.69, 9.17) is 0 Å². The van der Waals surface area contributed by atoms with Crippen LogP contribution in [0.3, 0.4) is 0 Å². The zero-order valence-electron chi connectivity index (χ0n) is 14.4. The minimum absolute atomic E-state index is 0.517. The van der Waals surface area contributed by atoms with Crippen LogP contribution in [0.4, 0.5) is 0 Å². The molecule has 0 spiro atoms. The van der Waals surface area contributed by atoms with Crippen LogP contribution in [-0.2, 0) is 0 Å². The molecule has 0 unspecified atom stereocenters. The fraction of sp³-hybridized carbons (Fsp3) is 1.00. The molecule has 1 aliphatic rings. The highest BCUT2D eigenvalue weighted by Gasteiger charge is 2.34. The lowest BCUT2D eigenvalue weighted by Gasteiger charge is -2.46. The standard InChI is InChI=1S/C18H37N/c1-17(2,3)12-10-8-7-9-11-13-19-14-16(15-19)18(4,5)6/h16H,7-15H2,1-6H3. The van der Waals surface area contributed by atoms with Gasteiger partial charge >= 0.3 is 0 Å². The van der Waals surface area contributed by atoms with Crippen molar-refractivity contribution in [2.24, 2.45) is 16.7 Å². The largest absolute Gasteiger partial charge is 0.303 e. The van der Waals surface area contributed by atoms with Gasteiger partial charge in [0.2, 0.25) is 0 Å². The van der Waals surface area contributed by atoms with Crippen LogP contribution in [0.1, 0.15) is 80.1 Å². The topological polar surface area (TPSA) is 3.24 Å². The van der Waals surface area contributed by atoms with Gasteiger partial charge in [-0.05, 0) is 36.1 Å². The lowest BCUT2D eigenvalue weighted by molar-refractivity contribution is 0.0238. The zero-order chi connectivity index (χ0) is 14.5. The van der Waals surface area contributed by atoms with Crippen LogP contribution >= 0.6 is 0 Å². The molecule has 1 saturated heterocycles. The molecule has 1 rings (SSSR count). The minimum Gasteiger partial charge on any atom is -0.303 e. The van der Waals surface area contributed by atoms with Gasteiger partial charge in [-0.3, -0.25) is 0 Å². The normalized spacial score (nSPS) is 18.6. The molecule has 0 aliphatic carbocycles. The maximum Gasteiger partial charge on any atom is 0.00270 e. The Morgan fingerprint density at radius 1 is 0.789 bits per heavy atom. The predicted molar refractivity (Wildman–Crippen MR) is 86.5 cm³/mol. The van der Waals surface area contributed by atoms with Crippen LogP contribution in [0, 0.1) is 16.7 Å². The SMILES string of the molecule is CC(C)(C)CCCCCCCN1CC(C(C)(C)C)C1. The van der Waals surface area contributed by atoms with Gasteiger partial charge < -0.3 is 4.90 Å². The third-order valence-corrected chi connectivity index (χ3v) is 4.58. The van der Waals surface area contributed by atoms with E-state index >= 15 is 0 Å². The third-order valence-electron chi connectivity index (χ3n) is 4.58. The first kappa shape index (κ1) is 17.0. The van der Waals surface area contributed by atoms with Gasteiger partial charge in [-0.25, -0.2) is 0 Å². The Bertz CT molecular complexity index is 237. The summed E-state index contributed by atoms with van der Waals surface area (Å²) >= 11 is 0. The van der Waals surface area contributed by atoms with E-state index in [1.54, 1.807) is 0 Å². The van der Waals surface area contributed by atoms with Crippen LogP contribution in [0.25, 0.3) is 0 Å². The highest BCUT2D eigenvalue weighted by atomic mass is 15.2. The minimum atomic E-state index is 0.517. The van der Waals surface area contributed by atoms with E-state index in [0.717, 1.165) is 5.92 Å². The lowest BCUT2D eigenvalue weighted by Crippen LogP contribution is -2.52. The third kappa shape index (κ3) is 7.34. The van der Waals surface area contributed by atoms with Crippen molar-refractivity contribution >= 4 is 0 Å². The molecule has 0 saturated carbocycles. The van der Waals surface area contributed by atoms with Gasteiger partial charge in [0.25, 0.3) is 0 Å². The summed E-state index contributed by atoms with van der Waals surface area (Å²) < 4.78 is 0. The summed E-state index contributed by atoms with van der Waals surface area (Å²) in [7, 11) is 0. The van der Waals surface area contributed by atoms with E-state index in [1.807, 2.05) is 0 Å². The fourth-order valence-electron chi connectivity index (χ4n) is 2.82. The van der Waals surface area contributed by atoms with Crippen molar-refractivity contribution < 1.29 is 0 Å². The van der Waals surface area contributed by atoms with Crippen LogP contribution in [0.2, 0.25) is 0 Å². The van der Waals surface area contributed by atoms with Crippen molar-refractivity contribution in [3.05, 3.63) is 0 Å². The molecule has 1 fully saturated rings. The van der Waals surface area contributed by atoms with Gasteiger partial charge in [-0.15, -0.1) is 0 Å². The first-order valence-corrected chi connectivity index (χ1v) is 8.41. The van der Waals surface area contributed by atoms with Gasteiger partial charge in [0, 0.05) is 13.1 Å². The molecule has 1 heteroatoms. The molecule has 19 heavy (non-hydrogen) atoms. The van der Waals surface area contributed by atoms with Crippen LogP contribution < -0.4 is 0 Å². The maximum atomic E-state index is 2.64. The van der Waals surface area contributed by atoms with Crippen molar-refractivity contribution in [1.82, 2.24) is 4.90 Å². The van der Waals surface area contributed by atoms with E-state index in [9.17, 15) is 0 Å². The Morgan fingerprint density at radius 2 is 1.32 bits per heavy atom. The van der Waals surface area contributed by atoms with Crippen LogP contribution in [0.15, 0.2) is 0 Å². The lowest BCUT2D eigenvalue weighted by atomic mass is 9.76. The smallest absolute Gasteiger partial charge is 0.00270 e. The summed E-state index contributed by atoms with van der Waals surface area (Å²) in [4.78, 5) is 2.64. The monoisotopic (exact) mass is 267 g/mol. The van der Waals surface area contributed by atoms with Gasteiger partial charge in [-0.2, -0.15) is 0 Å². The number of hydrogen-bond donors (Lipinski definition) is 0. The average Bonchev–Trinajstić information content (AvgIpc) is 2.15. The van der Waals surface area contributed by atoms with Crippen molar-refractivity contribution in [3.63, 3.8) is 0 Å². The van der Waals surface area contributed by atoms with Gasteiger partial charge in [-0.1, -0.05) is 67.2 Å². The molecule has 114 valence electrons. The number of unbranched alkanes of at least 4 members (excludes halogenated alkanes) is 4. The predicted octanol–water partition coefficient (Wildman–Crippen LogP) is 5.35. The van der Waals surface area contributed by atoms with Crippen LogP contribution in [-0.4, -0.2) is 24.5 Å². The Balaban J connectivity index is 1.88. The summed E-state index contributed by atoms with van der Waals surface area (Å²) in [6.07, 6.45) is 8.51. The maximum absolute atomic E-state index is 2.64. The summed E-state index contributed by atoms with van der Waals surface area (Å²) in [5.41, 5.74) is 1.04. The van der Waals surface area contributed by atoms with Crippen molar-refractivity contribution in [2.45, 2.75) is 80.1 Å². The molecule has 0 aromatic heterocycles. The molecular formula is C18H37N. The van der Waals surface area contributed by atoms with Gasteiger partial charge in [0.15, 0.2) is 0 Å². The van der Waals surface area contributed by atoms with E-state index in [-0.39, 0.29) is 0 Å². The summed E-state index contributed by atoms with van der Waals surface area (Å²) in [6, 6.07) is 0. The second-order valence-electron chi connectivity index (χ2n) is 8.90. The second kappa shape index (κ2) is 7.11. The molecule has 0 amide bonds. The van der Waals surface area contributed by atoms with Gasteiger partial charge in [0.1, 0.15) is 0 Å². The fourth-order valence-corrected chi connectivity index (χ4v) is 2.82. The molecule has 1 heterocycles. The highest BCUT2D eigenvalue weighted by molar-refractivity contribution is 4.87. The molecule has 0 atom stereocenters. The molecule has 0 aromatic rings. The first-order chi connectivity index (χ1) is 8.68. The summed E-state index contributed by atoms with van der Waals surface area (Å²) in [5.74, 6) is 0.930. The molecule has 0 aromatic carbocycles. The van der Waals surface area contributed by atoms with E-state index in [2.05, 4.69) is 46.4 Å². The number of rotatable bonds is 7. The van der Waals surface area contributed by atoms with Crippen molar-refractivity contribution in [3.8, 4) is 0 Å². The summed E-state index contributed by atoms with van der Waals surface area (Å²) in [5, 5.41) is 0. The zero-order valence-corrected chi connectivity index (χ0v) is 14.4. The first-order valence-electron chi connectivity index (χ1n) is 8.41. The Labute approximate surface area is 122 Å². The quantitative estimate of drug-likeness (QED) is 0.562. The molecule has 0 bridgehead atoms. The number of hydrogen-bond acceptors (Lipinski definition) is 1. The number of nitrogens with zero attached hydrogens (tertiary/aromatic N) is 1. The van der Waals surface area contributed by atoms with E-state index < -0.39 is 0 Å². The van der Waals surface area contributed by atoms with Gasteiger partial charge in [0.05, 0.1) is 0 Å². The Hall–Kier alpha value is -0.0400. The highest BCUT2D eigenvalue weighted by Crippen LogP contribution is 2.33.